The molecule has 1 heterocycles. The minimum Gasteiger partial charge on any atom is -0.497 e. The van der Waals surface area contributed by atoms with Crippen LogP contribution in [0, 0.1) is 5.82 Å². The van der Waals surface area contributed by atoms with Crippen LogP contribution in [-0.4, -0.2) is 36.7 Å². The Bertz CT molecular complexity index is 871. The number of carbonyl (C=O) groups is 1. The number of amides is 1. The SMILES string of the molecule is COc1cccc(C2=NC(C)(CC(=O)NCc3ccccc3F)ON2C)c1. The Labute approximate surface area is 157 Å². The standard InChI is InChI=1S/C20H22FN3O3/c1-20(12-18(25)22-13-15-7-4-5-10-17(15)21)23-19(24(2)27-20)14-8-6-9-16(11-14)26-3/h4-11H,12-13H2,1-3H3,(H,22,25). The van der Waals surface area contributed by atoms with Gasteiger partial charge in [-0.15, -0.1) is 0 Å². The molecule has 27 heavy (non-hydrogen) atoms. The van der Waals surface area contributed by atoms with Gasteiger partial charge in [-0.3, -0.25) is 4.79 Å². The Balaban J connectivity index is 1.68. The molecule has 142 valence electrons. The van der Waals surface area contributed by atoms with Gasteiger partial charge in [-0.1, -0.05) is 30.3 Å². The molecular weight excluding hydrogens is 349 g/mol. The molecule has 0 bridgehead atoms. The third-order valence-electron chi connectivity index (χ3n) is 4.22. The molecule has 0 radical (unpaired) electrons. The zero-order valence-electron chi connectivity index (χ0n) is 15.5. The van der Waals surface area contributed by atoms with Crippen LogP contribution in [0.5, 0.6) is 5.75 Å². The van der Waals surface area contributed by atoms with Crippen molar-refractivity contribution in [1.82, 2.24) is 10.4 Å². The Morgan fingerprint density at radius 1 is 1.30 bits per heavy atom. The molecule has 1 aliphatic heterocycles. The van der Waals surface area contributed by atoms with Crippen molar-refractivity contribution in [3.63, 3.8) is 0 Å². The van der Waals surface area contributed by atoms with Crippen LogP contribution in [0.25, 0.3) is 0 Å². The second kappa shape index (κ2) is 7.75. The monoisotopic (exact) mass is 371 g/mol. The first kappa shape index (κ1) is 18.8. The van der Waals surface area contributed by atoms with Gasteiger partial charge in [0.1, 0.15) is 11.6 Å². The molecule has 0 saturated heterocycles. The van der Waals surface area contributed by atoms with E-state index >= 15 is 0 Å². The van der Waals surface area contributed by atoms with Crippen molar-refractivity contribution in [1.29, 1.82) is 0 Å². The van der Waals surface area contributed by atoms with Crippen LogP contribution < -0.4 is 10.1 Å². The van der Waals surface area contributed by atoms with Gasteiger partial charge in [0.2, 0.25) is 5.91 Å². The molecule has 2 aromatic rings. The van der Waals surface area contributed by atoms with Crippen LogP contribution in [-0.2, 0) is 16.2 Å². The number of halogens is 1. The summed E-state index contributed by atoms with van der Waals surface area (Å²) in [5, 5.41) is 4.25. The Kier molecular flexibility index (Phi) is 5.41. The van der Waals surface area contributed by atoms with Gasteiger partial charge in [0, 0.05) is 24.7 Å². The smallest absolute Gasteiger partial charge is 0.225 e. The average molecular weight is 371 g/mol. The molecule has 0 aromatic heterocycles. The van der Waals surface area contributed by atoms with Crippen LogP contribution in [0.3, 0.4) is 0 Å². The molecule has 0 aliphatic carbocycles. The maximum Gasteiger partial charge on any atom is 0.225 e. The van der Waals surface area contributed by atoms with Crippen LogP contribution >= 0.6 is 0 Å². The molecule has 1 unspecified atom stereocenters. The number of rotatable bonds is 6. The zero-order valence-corrected chi connectivity index (χ0v) is 15.5. The molecule has 0 saturated carbocycles. The van der Waals surface area contributed by atoms with E-state index in [-0.39, 0.29) is 24.7 Å². The van der Waals surface area contributed by atoms with E-state index in [1.807, 2.05) is 24.3 Å². The summed E-state index contributed by atoms with van der Waals surface area (Å²) in [6.45, 7) is 1.85. The molecular formula is C20H22FN3O3. The second-order valence-electron chi connectivity index (χ2n) is 6.48. The Hall–Kier alpha value is -2.93. The van der Waals surface area contributed by atoms with E-state index in [9.17, 15) is 9.18 Å². The molecule has 1 N–H and O–H groups in total. The maximum atomic E-state index is 13.7. The Morgan fingerprint density at radius 3 is 2.81 bits per heavy atom. The average Bonchev–Trinajstić information content (AvgIpc) is 2.95. The fourth-order valence-electron chi connectivity index (χ4n) is 2.93. The lowest BCUT2D eigenvalue weighted by Gasteiger charge is -2.21. The van der Waals surface area contributed by atoms with Gasteiger partial charge in [0.15, 0.2) is 11.6 Å². The maximum absolute atomic E-state index is 13.7. The second-order valence-corrected chi connectivity index (χ2v) is 6.48. The number of nitrogens with zero attached hydrogens (tertiary/aromatic N) is 2. The minimum atomic E-state index is -1.04. The van der Waals surface area contributed by atoms with E-state index in [2.05, 4.69) is 10.3 Å². The van der Waals surface area contributed by atoms with Gasteiger partial charge in [-0.25, -0.2) is 19.3 Å². The first-order valence-corrected chi connectivity index (χ1v) is 8.57. The third-order valence-corrected chi connectivity index (χ3v) is 4.22. The molecule has 0 fully saturated rings. The van der Waals surface area contributed by atoms with Crippen molar-refractivity contribution >= 4 is 11.7 Å². The first-order chi connectivity index (χ1) is 12.9. The highest BCUT2D eigenvalue weighted by Gasteiger charge is 2.37. The lowest BCUT2D eigenvalue weighted by Crippen LogP contribution is -2.35. The first-order valence-electron chi connectivity index (χ1n) is 8.57. The van der Waals surface area contributed by atoms with Gasteiger partial charge in [-0.05, 0) is 25.1 Å². The van der Waals surface area contributed by atoms with Crippen molar-refractivity contribution in [2.24, 2.45) is 4.99 Å². The highest BCUT2D eigenvalue weighted by atomic mass is 19.1. The van der Waals surface area contributed by atoms with E-state index in [1.165, 1.54) is 6.07 Å². The highest BCUT2D eigenvalue weighted by molar-refractivity contribution is 5.99. The van der Waals surface area contributed by atoms with Gasteiger partial charge in [-0.2, -0.15) is 0 Å². The fraction of sp³-hybridized carbons (Fsp3) is 0.300. The van der Waals surface area contributed by atoms with E-state index < -0.39 is 5.72 Å². The molecule has 0 spiro atoms. The van der Waals surface area contributed by atoms with Crippen molar-refractivity contribution < 1.29 is 18.8 Å². The van der Waals surface area contributed by atoms with E-state index in [1.54, 1.807) is 44.3 Å². The molecule has 2 aromatic carbocycles. The summed E-state index contributed by atoms with van der Waals surface area (Å²) in [6.07, 6.45) is 0.0132. The normalized spacial score (nSPS) is 19.0. The minimum absolute atomic E-state index is 0.0132. The summed E-state index contributed by atoms with van der Waals surface area (Å²) in [5.74, 6) is 0.696. The van der Waals surface area contributed by atoms with Crippen LogP contribution in [0.1, 0.15) is 24.5 Å². The zero-order chi connectivity index (χ0) is 19.4. The third kappa shape index (κ3) is 4.43. The fourth-order valence-corrected chi connectivity index (χ4v) is 2.93. The summed E-state index contributed by atoms with van der Waals surface area (Å²) in [7, 11) is 3.33. The van der Waals surface area contributed by atoms with Gasteiger partial charge >= 0.3 is 0 Å². The summed E-state index contributed by atoms with van der Waals surface area (Å²) in [5.41, 5.74) is 0.223. The predicted molar refractivity (Wildman–Crippen MR) is 99.6 cm³/mol. The largest absolute Gasteiger partial charge is 0.497 e. The summed E-state index contributed by atoms with van der Waals surface area (Å²) >= 11 is 0. The van der Waals surface area contributed by atoms with Gasteiger partial charge in [0.25, 0.3) is 0 Å². The summed E-state index contributed by atoms with van der Waals surface area (Å²) in [4.78, 5) is 22.7. The number of methoxy groups -OCH3 is 1. The highest BCUT2D eigenvalue weighted by Crippen LogP contribution is 2.28. The molecule has 3 rings (SSSR count). The number of aliphatic imine (C=N–C) groups is 1. The number of benzene rings is 2. The number of hydroxylamine groups is 2. The number of ether oxygens (including phenoxy) is 1. The van der Waals surface area contributed by atoms with Crippen molar-refractivity contribution in [3.8, 4) is 5.75 Å². The van der Waals surface area contributed by atoms with Crippen LogP contribution in [0.15, 0.2) is 53.5 Å². The molecule has 1 aliphatic rings. The van der Waals surface area contributed by atoms with Crippen molar-refractivity contribution in [2.75, 3.05) is 14.2 Å². The number of hydrogen-bond donors (Lipinski definition) is 1. The van der Waals surface area contributed by atoms with Crippen molar-refractivity contribution in [2.45, 2.75) is 25.6 Å². The number of hydrogen-bond acceptors (Lipinski definition) is 5. The van der Waals surface area contributed by atoms with Crippen LogP contribution in [0.2, 0.25) is 0 Å². The van der Waals surface area contributed by atoms with Gasteiger partial charge < -0.3 is 10.1 Å². The molecule has 7 heteroatoms. The molecule has 1 atom stereocenters. The number of carbonyl (C=O) groups excluding carboxylic acids is 1. The lowest BCUT2D eigenvalue weighted by atomic mass is 10.1. The Morgan fingerprint density at radius 2 is 2.07 bits per heavy atom. The summed E-state index contributed by atoms with van der Waals surface area (Å²) < 4.78 is 18.9. The molecule has 6 nitrogen and oxygen atoms in total. The lowest BCUT2D eigenvalue weighted by molar-refractivity contribution is -0.166. The van der Waals surface area contributed by atoms with Gasteiger partial charge in [0.05, 0.1) is 13.5 Å². The van der Waals surface area contributed by atoms with E-state index in [4.69, 9.17) is 9.57 Å². The quantitative estimate of drug-likeness (QED) is 0.848. The number of amidine groups is 1. The summed E-state index contributed by atoms with van der Waals surface area (Å²) in [6, 6.07) is 13.8. The van der Waals surface area contributed by atoms with Crippen molar-refractivity contribution in [3.05, 3.63) is 65.5 Å². The topological polar surface area (TPSA) is 63.2 Å². The molecule has 1 amide bonds. The van der Waals surface area contributed by atoms with E-state index in [0.29, 0.717) is 17.1 Å². The van der Waals surface area contributed by atoms with Crippen LogP contribution in [0.4, 0.5) is 4.39 Å². The predicted octanol–water partition coefficient (Wildman–Crippen LogP) is 2.88. The number of nitrogens with one attached hydrogen (secondary N) is 1. The van der Waals surface area contributed by atoms with E-state index in [0.717, 1.165) is 5.56 Å².